The number of carbonyl (C=O) groups is 1. The van der Waals surface area contributed by atoms with E-state index in [-0.39, 0.29) is 18.5 Å². The van der Waals surface area contributed by atoms with Gasteiger partial charge in [-0.3, -0.25) is 4.79 Å². The van der Waals surface area contributed by atoms with Gasteiger partial charge in [-0.1, -0.05) is 41.6 Å². The van der Waals surface area contributed by atoms with E-state index in [4.69, 9.17) is 9.26 Å². The lowest BCUT2D eigenvalue weighted by Gasteiger charge is -2.30. The molecular weight excluding hydrogens is 440 g/mol. The molecule has 33 heavy (non-hydrogen) atoms. The fourth-order valence-electron chi connectivity index (χ4n) is 4.58. The molecule has 2 heterocycles. The third-order valence-corrected chi connectivity index (χ3v) is 8.37. The second kappa shape index (κ2) is 9.11. The van der Waals surface area contributed by atoms with Crippen molar-refractivity contribution in [3.8, 4) is 11.3 Å². The van der Waals surface area contributed by atoms with Crippen LogP contribution in [-0.4, -0.2) is 36.9 Å². The van der Waals surface area contributed by atoms with Gasteiger partial charge in [0.15, 0.2) is 12.4 Å². The minimum Gasteiger partial charge on any atom is -0.457 e. The number of carbonyl (C=O) groups excluding carboxylic acids is 1. The molecule has 172 valence electrons. The standard InChI is InChI=1S/C25H26N2O5S/c28-25(31-17-22-16-24(26-32-22)19-5-2-1-3-6-19)20-11-13-27(14-12-20)33(29,30)23-10-9-18-7-4-8-21(18)15-23/h1-3,5-6,9-10,15-16,20H,4,7-8,11-14,17H2. The van der Waals surface area contributed by atoms with E-state index < -0.39 is 10.0 Å². The first-order valence-electron chi connectivity index (χ1n) is 11.3. The minimum atomic E-state index is -3.55. The van der Waals surface area contributed by atoms with Gasteiger partial charge in [0.1, 0.15) is 5.69 Å². The number of rotatable bonds is 6. The Labute approximate surface area is 193 Å². The van der Waals surface area contributed by atoms with Crippen molar-refractivity contribution in [3.63, 3.8) is 0 Å². The maximum atomic E-state index is 13.1. The van der Waals surface area contributed by atoms with Gasteiger partial charge in [0, 0.05) is 24.7 Å². The van der Waals surface area contributed by atoms with Gasteiger partial charge < -0.3 is 9.26 Å². The molecule has 3 aromatic rings. The molecule has 2 aromatic carbocycles. The minimum absolute atomic E-state index is 0.00626. The first kappa shape index (κ1) is 21.9. The second-order valence-corrected chi connectivity index (χ2v) is 10.6. The molecule has 2 aliphatic rings. The van der Waals surface area contributed by atoms with Gasteiger partial charge in [0.05, 0.1) is 10.8 Å². The fraction of sp³-hybridized carbons (Fsp3) is 0.360. The number of ether oxygens (including phenoxy) is 1. The molecule has 5 rings (SSSR count). The second-order valence-electron chi connectivity index (χ2n) is 8.61. The number of esters is 1. The Bertz CT molecular complexity index is 1240. The van der Waals surface area contributed by atoms with Crippen molar-refractivity contribution in [3.05, 3.63) is 71.5 Å². The van der Waals surface area contributed by atoms with E-state index in [0.29, 0.717) is 42.3 Å². The lowest BCUT2D eigenvalue weighted by Crippen LogP contribution is -2.40. The summed E-state index contributed by atoms with van der Waals surface area (Å²) in [6.45, 7) is 0.617. The summed E-state index contributed by atoms with van der Waals surface area (Å²) in [5, 5.41) is 4.02. The van der Waals surface area contributed by atoms with Gasteiger partial charge in [0.2, 0.25) is 10.0 Å². The molecular formula is C25H26N2O5S. The van der Waals surface area contributed by atoms with Crippen molar-refractivity contribution in [1.82, 2.24) is 9.46 Å². The van der Waals surface area contributed by atoms with Gasteiger partial charge in [-0.05, 0) is 55.4 Å². The van der Waals surface area contributed by atoms with Gasteiger partial charge in [-0.2, -0.15) is 4.31 Å². The lowest BCUT2D eigenvalue weighted by atomic mass is 9.98. The molecule has 7 nitrogen and oxygen atoms in total. The van der Waals surface area contributed by atoms with E-state index in [1.807, 2.05) is 42.5 Å². The molecule has 1 aliphatic carbocycles. The van der Waals surface area contributed by atoms with E-state index >= 15 is 0 Å². The summed E-state index contributed by atoms with van der Waals surface area (Å²) in [5.41, 5.74) is 4.00. The summed E-state index contributed by atoms with van der Waals surface area (Å²) in [6, 6.07) is 16.8. The fourth-order valence-corrected chi connectivity index (χ4v) is 6.10. The van der Waals surface area contributed by atoms with E-state index in [1.54, 1.807) is 12.1 Å². The van der Waals surface area contributed by atoms with Crippen LogP contribution in [0.5, 0.6) is 0 Å². The van der Waals surface area contributed by atoms with E-state index in [2.05, 4.69) is 5.16 Å². The zero-order valence-corrected chi connectivity index (χ0v) is 19.1. The number of aromatic nitrogens is 1. The Kier molecular flexibility index (Phi) is 6.03. The highest BCUT2D eigenvalue weighted by Crippen LogP contribution is 2.29. The number of aryl methyl sites for hydroxylation is 2. The van der Waals surface area contributed by atoms with Crippen LogP contribution in [0.3, 0.4) is 0 Å². The summed E-state index contributed by atoms with van der Waals surface area (Å²) >= 11 is 0. The third-order valence-electron chi connectivity index (χ3n) is 6.48. The molecule has 0 N–H and O–H groups in total. The van der Waals surface area contributed by atoms with Crippen molar-refractivity contribution < 1.29 is 22.5 Å². The van der Waals surface area contributed by atoms with Crippen molar-refractivity contribution in [2.24, 2.45) is 5.92 Å². The predicted molar refractivity (Wildman–Crippen MR) is 122 cm³/mol. The first-order chi connectivity index (χ1) is 16.0. The summed E-state index contributed by atoms with van der Waals surface area (Å²) in [5.74, 6) is -0.186. The maximum absolute atomic E-state index is 13.1. The highest BCUT2D eigenvalue weighted by molar-refractivity contribution is 7.89. The van der Waals surface area contributed by atoms with Crippen LogP contribution < -0.4 is 0 Å². The number of benzene rings is 2. The predicted octanol–water partition coefficient (Wildman–Crippen LogP) is 3.97. The van der Waals surface area contributed by atoms with Crippen LogP contribution in [0, 0.1) is 5.92 Å². The number of hydrogen-bond donors (Lipinski definition) is 0. The number of fused-ring (bicyclic) bond motifs is 1. The zero-order valence-electron chi connectivity index (χ0n) is 18.3. The normalized spacial score (nSPS) is 17.1. The quantitative estimate of drug-likeness (QED) is 0.511. The van der Waals surface area contributed by atoms with Crippen LogP contribution in [-0.2, 0) is 39.0 Å². The number of nitrogens with zero attached hydrogens (tertiary/aromatic N) is 2. The molecule has 1 fully saturated rings. The van der Waals surface area contributed by atoms with E-state index in [9.17, 15) is 13.2 Å². The Morgan fingerprint density at radius 2 is 1.79 bits per heavy atom. The van der Waals surface area contributed by atoms with E-state index in [1.165, 1.54) is 9.87 Å². The molecule has 0 saturated carbocycles. The van der Waals surface area contributed by atoms with Crippen molar-refractivity contribution >= 4 is 16.0 Å². The molecule has 0 atom stereocenters. The Hall–Kier alpha value is -2.97. The third kappa shape index (κ3) is 4.58. The summed E-state index contributed by atoms with van der Waals surface area (Å²) in [4.78, 5) is 12.9. The van der Waals surface area contributed by atoms with Crippen LogP contribution in [0.25, 0.3) is 11.3 Å². The van der Waals surface area contributed by atoms with Gasteiger partial charge in [-0.25, -0.2) is 8.42 Å². The highest BCUT2D eigenvalue weighted by atomic mass is 32.2. The van der Waals surface area contributed by atoms with Gasteiger partial charge >= 0.3 is 5.97 Å². The summed E-state index contributed by atoms with van der Waals surface area (Å²) in [7, 11) is -3.55. The topological polar surface area (TPSA) is 89.7 Å². The smallest absolute Gasteiger partial charge is 0.309 e. The van der Waals surface area contributed by atoms with Crippen molar-refractivity contribution in [2.75, 3.05) is 13.1 Å². The summed E-state index contributed by atoms with van der Waals surface area (Å²) in [6.07, 6.45) is 3.91. The average molecular weight is 467 g/mol. The van der Waals surface area contributed by atoms with E-state index in [0.717, 1.165) is 30.4 Å². The molecule has 1 saturated heterocycles. The largest absolute Gasteiger partial charge is 0.457 e. The summed E-state index contributed by atoms with van der Waals surface area (Å²) < 4.78 is 38.4. The SMILES string of the molecule is O=C(OCc1cc(-c2ccccc2)no1)C1CCN(S(=O)(=O)c2ccc3c(c2)CCC3)CC1. The van der Waals surface area contributed by atoms with Crippen LogP contribution in [0.1, 0.15) is 36.1 Å². The highest BCUT2D eigenvalue weighted by Gasteiger charge is 2.33. The maximum Gasteiger partial charge on any atom is 0.309 e. The Morgan fingerprint density at radius 3 is 2.58 bits per heavy atom. The molecule has 8 heteroatoms. The Morgan fingerprint density at radius 1 is 1.03 bits per heavy atom. The van der Waals surface area contributed by atoms with Gasteiger partial charge in [-0.15, -0.1) is 0 Å². The van der Waals surface area contributed by atoms with Gasteiger partial charge in [0.25, 0.3) is 0 Å². The first-order valence-corrected chi connectivity index (χ1v) is 12.7. The average Bonchev–Trinajstić information content (AvgIpc) is 3.52. The van der Waals surface area contributed by atoms with Crippen LogP contribution >= 0.6 is 0 Å². The molecule has 0 radical (unpaired) electrons. The van der Waals surface area contributed by atoms with Crippen LogP contribution in [0.2, 0.25) is 0 Å². The molecule has 0 spiro atoms. The molecule has 0 bridgehead atoms. The number of sulfonamides is 1. The molecule has 0 unspecified atom stereocenters. The van der Waals surface area contributed by atoms with Crippen molar-refractivity contribution in [2.45, 2.75) is 43.6 Å². The Balaban J connectivity index is 1.15. The van der Waals surface area contributed by atoms with Crippen molar-refractivity contribution in [1.29, 1.82) is 0 Å². The lowest BCUT2D eigenvalue weighted by molar-refractivity contribution is -0.151. The molecule has 1 aromatic heterocycles. The number of piperidine rings is 1. The van der Waals surface area contributed by atoms with Crippen LogP contribution in [0.4, 0.5) is 0 Å². The number of hydrogen-bond acceptors (Lipinski definition) is 6. The van der Waals surface area contributed by atoms with Crippen LogP contribution in [0.15, 0.2) is 64.0 Å². The molecule has 0 amide bonds. The monoisotopic (exact) mass is 466 g/mol. The zero-order chi connectivity index (χ0) is 22.8. The molecule has 1 aliphatic heterocycles.